The number of halogens is 3. The van der Waals surface area contributed by atoms with Gasteiger partial charge in [0, 0.05) is 12.0 Å². The normalized spacial score (nSPS) is 14.9. The number of nitrogens with zero attached hydrogens (tertiary/aromatic N) is 1. The van der Waals surface area contributed by atoms with Gasteiger partial charge in [0.1, 0.15) is 17.2 Å². The van der Waals surface area contributed by atoms with Gasteiger partial charge < -0.3 is 4.74 Å². The first-order valence-electron chi connectivity index (χ1n) is 5.63. The van der Waals surface area contributed by atoms with E-state index in [-0.39, 0.29) is 21.5 Å². The Morgan fingerprint density at radius 2 is 2.17 bits per heavy atom. The third kappa shape index (κ3) is 1.60. The predicted octanol–water partition coefficient (Wildman–Crippen LogP) is 3.55. The Bertz CT molecular complexity index is 657. The first-order chi connectivity index (χ1) is 8.59. The SMILES string of the molecule is Cc1cc(F)c2nc3c(c(Cl)c2c1F)COCC3. The highest BCUT2D eigenvalue weighted by Gasteiger charge is 2.22. The van der Waals surface area contributed by atoms with E-state index in [4.69, 9.17) is 16.3 Å². The molecule has 0 unspecified atom stereocenters. The quantitative estimate of drug-likeness (QED) is 0.730. The van der Waals surface area contributed by atoms with Gasteiger partial charge in [-0.15, -0.1) is 0 Å². The number of ether oxygens (including phenoxy) is 1. The van der Waals surface area contributed by atoms with Crippen LogP contribution in [-0.4, -0.2) is 11.6 Å². The molecule has 0 saturated heterocycles. The van der Waals surface area contributed by atoms with Gasteiger partial charge in [0.05, 0.1) is 29.3 Å². The number of aromatic nitrogens is 1. The Morgan fingerprint density at radius 3 is 2.94 bits per heavy atom. The van der Waals surface area contributed by atoms with E-state index in [1.54, 1.807) is 0 Å². The van der Waals surface area contributed by atoms with Crippen LogP contribution in [-0.2, 0) is 17.8 Å². The highest BCUT2D eigenvalue weighted by molar-refractivity contribution is 6.36. The van der Waals surface area contributed by atoms with Gasteiger partial charge in [-0.1, -0.05) is 11.6 Å². The van der Waals surface area contributed by atoms with Crippen LogP contribution in [0.15, 0.2) is 6.07 Å². The van der Waals surface area contributed by atoms with Gasteiger partial charge in [-0.25, -0.2) is 13.8 Å². The summed E-state index contributed by atoms with van der Waals surface area (Å²) in [6.45, 7) is 2.33. The number of fused-ring (bicyclic) bond motifs is 2. The lowest BCUT2D eigenvalue weighted by Gasteiger charge is -2.19. The molecule has 0 radical (unpaired) electrons. The van der Waals surface area contributed by atoms with Crippen LogP contribution in [0.25, 0.3) is 10.9 Å². The number of pyridine rings is 1. The van der Waals surface area contributed by atoms with Crippen LogP contribution in [0, 0.1) is 18.6 Å². The molecule has 0 saturated carbocycles. The van der Waals surface area contributed by atoms with Gasteiger partial charge in [-0.3, -0.25) is 0 Å². The lowest BCUT2D eigenvalue weighted by molar-refractivity contribution is 0.109. The molecule has 5 heteroatoms. The van der Waals surface area contributed by atoms with Crippen molar-refractivity contribution in [2.75, 3.05) is 6.61 Å². The zero-order chi connectivity index (χ0) is 12.9. The van der Waals surface area contributed by atoms with Crippen LogP contribution in [0.1, 0.15) is 16.8 Å². The summed E-state index contributed by atoms with van der Waals surface area (Å²) in [5.74, 6) is -1.06. The molecule has 3 rings (SSSR count). The minimum atomic E-state index is -0.542. The minimum absolute atomic E-state index is 0.00347. The number of rotatable bonds is 0. The molecule has 2 aromatic rings. The summed E-state index contributed by atoms with van der Waals surface area (Å²) in [6, 6.07) is 1.15. The van der Waals surface area contributed by atoms with E-state index in [2.05, 4.69) is 4.98 Å². The van der Waals surface area contributed by atoms with Crippen molar-refractivity contribution in [1.29, 1.82) is 0 Å². The molecule has 0 aliphatic carbocycles. The first-order valence-corrected chi connectivity index (χ1v) is 6.00. The molecule has 0 N–H and O–H groups in total. The van der Waals surface area contributed by atoms with E-state index in [0.29, 0.717) is 30.9 Å². The fourth-order valence-electron chi connectivity index (χ4n) is 2.23. The van der Waals surface area contributed by atoms with Crippen LogP contribution >= 0.6 is 11.6 Å². The van der Waals surface area contributed by atoms with Crippen molar-refractivity contribution in [3.05, 3.63) is 39.5 Å². The Morgan fingerprint density at radius 1 is 1.39 bits per heavy atom. The summed E-state index contributed by atoms with van der Waals surface area (Å²) in [4.78, 5) is 4.20. The van der Waals surface area contributed by atoms with Gasteiger partial charge in [0.2, 0.25) is 0 Å². The standard InChI is InChI=1S/C13H10ClF2NO/c1-6-4-8(15)13-10(12(6)16)11(14)7-5-18-3-2-9(7)17-13/h4H,2-3,5H2,1H3. The molecule has 2 nitrogen and oxygen atoms in total. The largest absolute Gasteiger partial charge is 0.376 e. The van der Waals surface area contributed by atoms with Gasteiger partial charge >= 0.3 is 0 Å². The van der Waals surface area contributed by atoms with Crippen LogP contribution in [0.5, 0.6) is 0 Å². The Labute approximate surface area is 108 Å². The maximum atomic E-state index is 14.1. The molecule has 0 fully saturated rings. The smallest absolute Gasteiger partial charge is 0.149 e. The van der Waals surface area contributed by atoms with E-state index in [9.17, 15) is 8.78 Å². The molecule has 0 bridgehead atoms. The molecule has 2 heterocycles. The summed E-state index contributed by atoms with van der Waals surface area (Å²) in [5.41, 5.74) is 1.59. The third-order valence-corrected chi connectivity index (χ3v) is 3.60. The topological polar surface area (TPSA) is 22.1 Å². The number of aryl methyl sites for hydroxylation is 1. The Hall–Kier alpha value is -1.26. The molecule has 0 spiro atoms. The van der Waals surface area contributed by atoms with Crippen molar-refractivity contribution in [3.8, 4) is 0 Å². The average Bonchev–Trinajstić information content (AvgIpc) is 2.36. The first kappa shape index (κ1) is 11.8. The molecule has 1 aliphatic heterocycles. The second kappa shape index (κ2) is 4.14. The van der Waals surface area contributed by atoms with E-state index < -0.39 is 11.6 Å². The Kier molecular flexibility index (Phi) is 2.72. The predicted molar refractivity (Wildman–Crippen MR) is 64.8 cm³/mol. The zero-order valence-corrected chi connectivity index (χ0v) is 10.4. The van der Waals surface area contributed by atoms with E-state index in [1.165, 1.54) is 6.92 Å². The number of hydrogen-bond donors (Lipinski definition) is 0. The van der Waals surface area contributed by atoms with Gasteiger partial charge in [0.25, 0.3) is 0 Å². The van der Waals surface area contributed by atoms with Crippen LogP contribution in [0.2, 0.25) is 5.02 Å². The van der Waals surface area contributed by atoms with Crippen molar-refractivity contribution >= 4 is 22.5 Å². The molecular weight excluding hydrogens is 260 g/mol. The van der Waals surface area contributed by atoms with E-state index >= 15 is 0 Å². The van der Waals surface area contributed by atoms with Crippen LogP contribution < -0.4 is 0 Å². The van der Waals surface area contributed by atoms with Gasteiger partial charge in [0.15, 0.2) is 0 Å². The third-order valence-electron chi connectivity index (χ3n) is 3.18. The fourth-order valence-corrected chi connectivity index (χ4v) is 2.56. The lowest BCUT2D eigenvalue weighted by Crippen LogP contribution is -2.13. The monoisotopic (exact) mass is 269 g/mol. The summed E-state index contributed by atoms with van der Waals surface area (Å²) < 4.78 is 33.2. The highest BCUT2D eigenvalue weighted by atomic mass is 35.5. The van der Waals surface area contributed by atoms with Gasteiger partial charge in [-0.2, -0.15) is 0 Å². The Balaban J connectivity index is 2.46. The van der Waals surface area contributed by atoms with Crippen molar-refractivity contribution < 1.29 is 13.5 Å². The van der Waals surface area contributed by atoms with E-state index in [0.717, 1.165) is 6.07 Å². The second-order valence-corrected chi connectivity index (χ2v) is 4.74. The number of benzene rings is 1. The maximum Gasteiger partial charge on any atom is 0.149 e. The van der Waals surface area contributed by atoms with Crippen molar-refractivity contribution in [2.24, 2.45) is 0 Å². The average molecular weight is 270 g/mol. The lowest BCUT2D eigenvalue weighted by atomic mass is 10.0. The molecule has 1 aliphatic rings. The van der Waals surface area contributed by atoms with Crippen LogP contribution in [0.3, 0.4) is 0 Å². The summed E-state index contributed by atoms with van der Waals surface area (Å²) in [7, 11) is 0. The molecule has 18 heavy (non-hydrogen) atoms. The molecule has 0 amide bonds. The van der Waals surface area contributed by atoms with Crippen molar-refractivity contribution in [3.63, 3.8) is 0 Å². The fraction of sp³-hybridized carbons (Fsp3) is 0.308. The summed E-state index contributed by atoms with van der Waals surface area (Å²) in [6.07, 6.45) is 0.569. The molecule has 94 valence electrons. The zero-order valence-electron chi connectivity index (χ0n) is 9.69. The molecule has 0 atom stereocenters. The summed E-state index contributed by atoms with van der Waals surface area (Å²) >= 11 is 6.18. The number of hydrogen-bond acceptors (Lipinski definition) is 2. The minimum Gasteiger partial charge on any atom is -0.376 e. The maximum absolute atomic E-state index is 14.1. The summed E-state index contributed by atoms with van der Waals surface area (Å²) in [5, 5.41) is 0.271. The van der Waals surface area contributed by atoms with Gasteiger partial charge in [-0.05, 0) is 18.6 Å². The molecule has 1 aromatic heterocycles. The molecule has 1 aromatic carbocycles. The highest BCUT2D eigenvalue weighted by Crippen LogP contribution is 2.34. The van der Waals surface area contributed by atoms with Crippen LogP contribution in [0.4, 0.5) is 8.78 Å². The molecular formula is C13H10ClF2NO. The van der Waals surface area contributed by atoms with E-state index in [1.807, 2.05) is 0 Å². The van der Waals surface area contributed by atoms with Crippen molar-refractivity contribution in [2.45, 2.75) is 20.0 Å². The van der Waals surface area contributed by atoms with Crippen molar-refractivity contribution in [1.82, 2.24) is 4.98 Å². The second-order valence-electron chi connectivity index (χ2n) is 4.37.